The number of hydrogen-bond donors (Lipinski definition) is 3. The number of benzene rings is 3. The van der Waals surface area contributed by atoms with Gasteiger partial charge in [0.25, 0.3) is 5.91 Å². The van der Waals surface area contributed by atoms with Crippen molar-refractivity contribution >= 4 is 53.3 Å². The predicted octanol–water partition coefficient (Wildman–Crippen LogP) is 3.90. The van der Waals surface area contributed by atoms with E-state index in [4.69, 9.17) is 0 Å². The number of amides is 1. The molecule has 0 unspecified atom stereocenters. The summed E-state index contributed by atoms with van der Waals surface area (Å²) in [5, 5.41) is 9.44. The molecular weight excluding hydrogens is 541 g/mol. The van der Waals surface area contributed by atoms with Crippen molar-refractivity contribution in [2.75, 3.05) is 41.4 Å². The lowest BCUT2D eigenvalue weighted by Crippen LogP contribution is -2.48. The number of piperazine rings is 1. The lowest BCUT2D eigenvalue weighted by atomic mass is 10.1. The molecule has 2 heterocycles. The van der Waals surface area contributed by atoms with Crippen LogP contribution < -0.4 is 26.3 Å². The van der Waals surface area contributed by atoms with Crippen molar-refractivity contribution in [3.8, 4) is 0 Å². The molecule has 0 radical (unpaired) electrons. The maximum absolute atomic E-state index is 12.8. The summed E-state index contributed by atoms with van der Waals surface area (Å²) >= 11 is 0. The van der Waals surface area contributed by atoms with E-state index in [0.717, 1.165) is 42.3 Å². The number of carbonyl (C=O) groups excluding carboxylic acids is 1. The molecule has 2 aliphatic rings. The molecule has 2 aliphatic heterocycles. The maximum atomic E-state index is 12.8. The molecule has 1 amide bonds. The summed E-state index contributed by atoms with van der Waals surface area (Å²) in [6.07, 6.45) is 1.71. The van der Waals surface area contributed by atoms with Gasteiger partial charge in [-0.2, -0.15) is 5.10 Å². The van der Waals surface area contributed by atoms with Gasteiger partial charge >= 0.3 is 0 Å². The highest BCUT2D eigenvalue weighted by Crippen LogP contribution is 2.31. The van der Waals surface area contributed by atoms with Crippen LogP contribution in [0.3, 0.4) is 0 Å². The second-order valence-corrected chi connectivity index (χ2v) is 8.02. The average molecular weight is 571 g/mol. The lowest BCUT2D eigenvalue weighted by Gasteiger charge is -2.36. The van der Waals surface area contributed by atoms with Gasteiger partial charge in [-0.1, -0.05) is 48.5 Å². The van der Waals surface area contributed by atoms with Gasteiger partial charge < -0.3 is 15.1 Å². The van der Waals surface area contributed by atoms with Gasteiger partial charge in [0, 0.05) is 45.4 Å². The zero-order chi connectivity index (χ0) is 22.5. The maximum Gasteiger partial charge on any atom is 0.253 e. The first-order chi connectivity index (χ1) is 16.3. The van der Waals surface area contributed by atoms with Crippen molar-refractivity contribution in [2.45, 2.75) is 6.54 Å². The monoisotopic (exact) mass is 571 g/mol. The zero-order valence-corrected chi connectivity index (χ0v) is 21.1. The molecule has 1 saturated heterocycles. The first-order valence-electron chi connectivity index (χ1n) is 11.1. The largest absolute Gasteiger partial charge is 0.379 e. The average Bonchev–Trinajstić information content (AvgIpc) is 3.43. The van der Waals surface area contributed by atoms with Gasteiger partial charge in [0.15, 0.2) is 0 Å². The predicted molar refractivity (Wildman–Crippen MR) is 150 cm³/mol. The first-order valence-corrected chi connectivity index (χ1v) is 11.1. The van der Waals surface area contributed by atoms with Gasteiger partial charge in [0.05, 0.1) is 11.4 Å². The van der Waals surface area contributed by atoms with E-state index in [1.54, 1.807) is 6.34 Å². The van der Waals surface area contributed by atoms with E-state index >= 15 is 0 Å². The van der Waals surface area contributed by atoms with Gasteiger partial charge in [0.1, 0.15) is 6.34 Å². The number of rotatable bonds is 6. The number of halogens is 1. The molecule has 5 rings (SSSR count). The smallest absolute Gasteiger partial charge is 0.253 e. The summed E-state index contributed by atoms with van der Waals surface area (Å²) < 4.78 is 0. The van der Waals surface area contributed by atoms with E-state index in [2.05, 4.69) is 56.7 Å². The summed E-state index contributed by atoms with van der Waals surface area (Å²) in [5.74, 6) is 0.0997. The number of nitrogens with one attached hydrogen (secondary N) is 3. The van der Waals surface area contributed by atoms with Gasteiger partial charge in [0.2, 0.25) is 0 Å². The Labute approximate surface area is 218 Å². The van der Waals surface area contributed by atoms with E-state index in [0.29, 0.717) is 13.1 Å². The van der Waals surface area contributed by atoms with Gasteiger partial charge in [-0.15, -0.1) is 29.5 Å². The van der Waals surface area contributed by atoms with Crippen LogP contribution in [-0.4, -0.2) is 43.3 Å². The van der Waals surface area contributed by atoms with Gasteiger partial charge in [-0.05, 0) is 35.9 Å². The van der Waals surface area contributed by atoms with Crippen molar-refractivity contribution in [1.29, 1.82) is 0 Å². The van der Waals surface area contributed by atoms with Crippen LogP contribution in [0.15, 0.2) is 84.0 Å². The molecule has 8 nitrogen and oxygen atoms in total. The molecule has 34 heavy (non-hydrogen) atoms. The van der Waals surface area contributed by atoms with Crippen molar-refractivity contribution in [3.05, 3.63) is 90.0 Å². The van der Waals surface area contributed by atoms with Crippen LogP contribution in [0.5, 0.6) is 0 Å². The van der Waals surface area contributed by atoms with E-state index in [1.165, 1.54) is 5.56 Å². The van der Waals surface area contributed by atoms with Crippen molar-refractivity contribution in [3.63, 3.8) is 0 Å². The van der Waals surface area contributed by atoms with E-state index in [-0.39, 0.29) is 31.3 Å². The SMILES string of the molecule is I.O=C(c1ccccc1)N1CCN(c2ccc(N3C=NNN3)c(NCc3ccccc3)c2)CC1.[HH]. The van der Waals surface area contributed by atoms with Crippen LogP contribution >= 0.6 is 24.0 Å². The third-order valence-electron chi connectivity index (χ3n) is 5.93. The fraction of sp³-hybridized carbons (Fsp3) is 0.200. The summed E-state index contributed by atoms with van der Waals surface area (Å²) in [4.78, 5) is 17.0. The molecule has 178 valence electrons. The summed E-state index contributed by atoms with van der Waals surface area (Å²) in [5.41, 5.74) is 10.8. The number of hydrogen-bond acceptors (Lipinski definition) is 7. The number of anilines is 3. The van der Waals surface area contributed by atoms with Crippen LogP contribution in [0.25, 0.3) is 0 Å². The Kier molecular flexibility index (Phi) is 7.86. The normalized spacial score (nSPS) is 15.0. The topological polar surface area (TPSA) is 75.2 Å². The van der Waals surface area contributed by atoms with Crippen LogP contribution in [0, 0.1) is 0 Å². The minimum atomic E-state index is 0. The second-order valence-electron chi connectivity index (χ2n) is 8.02. The fourth-order valence-corrected chi connectivity index (χ4v) is 4.12. The van der Waals surface area contributed by atoms with E-state index in [1.807, 2.05) is 58.4 Å². The Balaban J connectivity index is 0.00000171. The molecule has 9 heteroatoms. The van der Waals surface area contributed by atoms with E-state index < -0.39 is 0 Å². The quantitative estimate of drug-likeness (QED) is 0.390. The number of carbonyl (C=O) groups is 1. The third-order valence-corrected chi connectivity index (χ3v) is 5.93. The van der Waals surface area contributed by atoms with E-state index in [9.17, 15) is 4.79 Å². The Morgan fingerprint density at radius 3 is 2.32 bits per heavy atom. The molecule has 0 atom stereocenters. The third kappa shape index (κ3) is 5.42. The van der Waals surface area contributed by atoms with Crippen LogP contribution in [0.1, 0.15) is 17.3 Å². The molecule has 0 bridgehead atoms. The molecule has 3 N–H and O–H groups in total. The molecule has 0 aliphatic carbocycles. The standard InChI is InChI=1S/C25H27N7O.HI.H2/c33-25(21-9-5-2-6-10-21)31-15-13-30(14-16-31)22-11-12-24(32-19-27-28-29-32)23(17-22)26-18-20-7-3-1-4-8-20;;/h1-12,17,19,26,28-29H,13-16,18H2;2*1H. The molecule has 0 spiro atoms. The van der Waals surface area contributed by atoms with Gasteiger partial charge in [-0.3, -0.25) is 4.79 Å². The molecule has 3 aromatic rings. The Morgan fingerprint density at radius 2 is 1.65 bits per heavy atom. The summed E-state index contributed by atoms with van der Waals surface area (Å²) in [6, 6.07) is 26.2. The van der Waals surface area contributed by atoms with Crippen molar-refractivity contribution < 1.29 is 6.22 Å². The second kappa shape index (κ2) is 11.2. The molecule has 3 aromatic carbocycles. The van der Waals surface area contributed by atoms with Crippen LogP contribution in [0.4, 0.5) is 17.1 Å². The van der Waals surface area contributed by atoms with Crippen LogP contribution in [-0.2, 0) is 6.54 Å². The highest BCUT2D eigenvalue weighted by molar-refractivity contribution is 14.0. The molecular formula is C25H30IN7O. The molecule has 0 aromatic heterocycles. The number of nitrogens with zero attached hydrogens (tertiary/aromatic N) is 4. The number of hydrazine groups is 2. The highest BCUT2D eigenvalue weighted by Gasteiger charge is 2.23. The minimum absolute atomic E-state index is 0. The fourth-order valence-electron chi connectivity index (χ4n) is 4.12. The molecule has 0 saturated carbocycles. The Bertz CT molecular complexity index is 1130. The van der Waals surface area contributed by atoms with Crippen molar-refractivity contribution in [1.82, 2.24) is 16.0 Å². The highest BCUT2D eigenvalue weighted by atomic mass is 127. The molecule has 1 fully saturated rings. The first kappa shape index (κ1) is 23.8. The summed E-state index contributed by atoms with van der Waals surface area (Å²) in [7, 11) is 0. The Morgan fingerprint density at radius 1 is 0.941 bits per heavy atom. The summed E-state index contributed by atoms with van der Waals surface area (Å²) in [6.45, 7) is 3.70. The van der Waals surface area contributed by atoms with Gasteiger partial charge in [-0.25, -0.2) is 10.5 Å². The minimum Gasteiger partial charge on any atom is -0.379 e. The number of hydrazone groups is 1. The van der Waals surface area contributed by atoms with Crippen molar-refractivity contribution in [2.24, 2.45) is 5.10 Å². The zero-order valence-electron chi connectivity index (χ0n) is 18.7. The van der Waals surface area contributed by atoms with Crippen LogP contribution in [0.2, 0.25) is 0 Å². The Hall–Kier alpha value is -3.31. The lowest BCUT2D eigenvalue weighted by molar-refractivity contribution is 0.0747.